The standard InChI is InChI=1S/C4H10FN/c1-2-4(5)3-6/h4H,2-3,6H2,1H3. The quantitative estimate of drug-likeness (QED) is 0.531. The average molecular weight is 91.1 g/mol. The minimum absolute atomic E-state index is 0.163. The normalized spacial score (nSPS) is 14.5. The zero-order valence-electron chi connectivity index (χ0n) is 3.95. The summed E-state index contributed by atoms with van der Waals surface area (Å²) in [7, 11) is 0. The smallest absolute Gasteiger partial charge is 0.112 e. The number of hydrogen-bond donors (Lipinski definition) is 1. The van der Waals surface area contributed by atoms with Gasteiger partial charge in [0.25, 0.3) is 0 Å². The van der Waals surface area contributed by atoms with Gasteiger partial charge in [-0.25, -0.2) is 4.39 Å². The lowest BCUT2D eigenvalue weighted by Gasteiger charge is -1.94. The number of rotatable bonds is 2. The van der Waals surface area contributed by atoms with Crippen molar-refractivity contribution in [2.75, 3.05) is 6.54 Å². The maximum atomic E-state index is 11.7. The second-order valence-corrected chi connectivity index (χ2v) is 1.24. The van der Waals surface area contributed by atoms with Crippen molar-refractivity contribution in [2.24, 2.45) is 5.73 Å². The number of nitrogens with two attached hydrogens (primary N) is 1. The Labute approximate surface area is 37.3 Å². The van der Waals surface area contributed by atoms with Gasteiger partial charge in [-0.2, -0.15) is 0 Å². The molecule has 1 nitrogen and oxygen atoms in total. The Hall–Kier alpha value is -0.110. The molecule has 0 aliphatic carbocycles. The van der Waals surface area contributed by atoms with E-state index < -0.39 is 6.17 Å². The van der Waals surface area contributed by atoms with Crippen LogP contribution in [0.4, 0.5) is 4.39 Å². The molecule has 0 spiro atoms. The molecule has 0 fully saturated rings. The van der Waals surface area contributed by atoms with Crippen LogP contribution in [0.25, 0.3) is 0 Å². The molecule has 0 aliphatic rings. The van der Waals surface area contributed by atoms with Crippen LogP contribution in [-0.2, 0) is 0 Å². The molecule has 1 atom stereocenters. The molecular formula is C4H10FN. The maximum Gasteiger partial charge on any atom is 0.112 e. The third-order valence-electron chi connectivity index (χ3n) is 0.699. The van der Waals surface area contributed by atoms with Crippen LogP contribution in [0.1, 0.15) is 13.3 Å². The van der Waals surface area contributed by atoms with E-state index in [4.69, 9.17) is 5.73 Å². The zero-order chi connectivity index (χ0) is 4.99. The summed E-state index contributed by atoms with van der Waals surface area (Å²) in [6, 6.07) is 0. The summed E-state index contributed by atoms with van der Waals surface area (Å²) in [5, 5.41) is 0. The maximum absolute atomic E-state index is 11.7. The third-order valence-corrected chi connectivity index (χ3v) is 0.699. The first-order chi connectivity index (χ1) is 2.81. The first kappa shape index (κ1) is 5.89. The predicted molar refractivity (Wildman–Crippen MR) is 24.2 cm³/mol. The minimum Gasteiger partial charge on any atom is -0.328 e. The lowest BCUT2D eigenvalue weighted by molar-refractivity contribution is 0.333. The SMILES string of the molecule is CCC(F)CN. The van der Waals surface area contributed by atoms with Crippen LogP contribution in [0.5, 0.6) is 0 Å². The van der Waals surface area contributed by atoms with Crippen LogP contribution in [0.2, 0.25) is 0 Å². The highest BCUT2D eigenvalue weighted by Crippen LogP contribution is 1.90. The fourth-order valence-electron chi connectivity index (χ4n) is 0.167. The van der Waals surface area contributed by atoms with E-state index in [9.17, 15) is 4.39 Å². The van der Waals surface area contributed by atoms with Crippen molar-refractivity contribution in [3.05, 3.63) is 0 Å². The van der Waals surface area contributed by atoms with E-state index in [0.717, 1.165) is 0 Å². The Kier molecular flexibility index (Phi) is 3.04. The van der Waals surface area contributed by atoms with E-state index >= 15 is 0 Å². The lowest BCUT2D eigenvalue weighted by Crippen LogP contribution is -2.13. The molecule has 0 rings (SSSR count). The van der Waals surface area contributed by atoms with Crippen molar-refractivity contribution in [1.82, 2.24) is 0 Å². The summed E-state index contributed by atoms with van der Waals surface area (Å²) >= 11 is 0. The molecule has 38 valence electrons. The summed E-state index contributed by atoms with van der Waals surface area (Å²) in [5.41, 5.74) is 4.91. The monoisotopic (exact) mass is 91.1 g/mol. The highest BCUT2D eigenvalue weighted by Gasteiger charge is 1.94. The first-order valence-electron chi connectivity index (χ1n) is 2.15. The summed E-state index contributed by atoms with van der Waals surface area (Å²) in [6.07, 6.45) is -0.249. The molecule has 2 N–H and O–H groups in total. The van der Waals surface area contributed by atoms with Gasteiger partial charge in [-0.15, -0.1) is 0 Å². The van der Waals surface area contributed by atoms with Crippen LogP contribution in [0, 0.1) is 0 Å². The van der Waals surface area contributed by atoms with E-state index in [1.807, 2.05) is 0 Å². The van der Waals surface area contributed by atoms with Gasteiger partial charge in [0, 0.05) is 6.54 Å². The Morgan fingerprint density at radius 3 is 2.33 bits per heavy atom. The van der Waals surface area contributed by atoms with Crippen LogP contribution in [0.15, 0.2) is 0 Å². The molecule has 2 heteroatoms. The first-order valence-corrected chi connectivity index (χ1v) is 2.15. The summed E-state index contributed by atoms with van der Waals surface area (Å²) in [6.45, 7) is 1.94. The molecule has 0 aromatic rings. The van der Waals surface area contributed by atoms with E-state index in [0.29, 0.717) is 6.42 Å². The molecule has 0 aliphatic heterocycles. The second kappa shape index (κ2) is 3.09. The van der Waals surface area contributed by atoms with Crippen LogP contribution < -0.4 is 5.73 Å². The third kappa shape index (κ3) is 2.15. The van der Waals surface area contributed by atoms with Gasteiger partial charge in [-0.05, 0) is 6.42 Å². The molecule has 0 saturated heterocycles. The van der Waals surface area contributed by atoms with Crippen molar-refractivity contribution >= 4 is 0 Å². The number of alkyl halides is 1. The molecule has 0 aromatic heterocycles. The van der Waals surface area contributed by atoms with Crippen molar-refractivity contribution in [3.8, 4) is 0 Å². The highest BCUT2D eigenvalue weighted by atomic mass is 19.1. The minimum atomic E-state index is -0.787. The van der Waals surface area contributed by atoms with Crippen molar-refractivity contribution in [1.29, 1.82) is 0 Å². The van der Waals surface area contributed by atoms with Gasteiger partial charge in [0.1, 0.15) is 6.17 Å². The molecule has 0 aromatic carbocycles. The van der Waals surface area contributed by atoms with E-state index in [1.54, 1.807) is 6.92 Å². The van der Waals surface area contributed by atoms with Crippen LogP contribution in [0.3, 0.4) is 0 Å². The molecule has 6 heavy (non-hydrogen) atoms. The molecule has 1 unspecified atom stereocenters. The van der Waals surface area contributed by atoms with Gasteiger partial charge in [-0.1, -0.05) is 6.92 Å². The fraction of sp³-hybridized carbons (Fsp3) is 1.00. The van der Waals surface area contributed by atoms with E-state index in [-0.39, 0.29) is 6.54 Å². The van der Waals surface area contributed by atoms with Gasteiger partial charge < -0.3 is 5.73 Å². The average Bonchev–Trinajstić information content (AvgIpc) is 1.65. The van der Waals surface area contributed by atoms with Gasteiger partial charge in [0.2, 0.25) is 0 Å². The van der Waals surface area contributed by atoms with Crippen molar-refractivity contribution in [3.63, 3.8) is 0 Å². The molecule has 0 amide bonds. The number of hydrogen-bond acceptors (Lipinski definition) is 1. The van der Waals surface area contributed by atoms with Gasteiger partial charge >= 0.3 is 0 Å². The predicted octanol–water partition coefficient (Wildman–Crippen LogP) is 0.693. The lowest BCUT2D eigenvalue weighted by atomic mass is 10.3. The Bertz CT molecular complexity index is 26.7. The molecule has 0 bridgehead atoms. The van der Waals surface area contributed by atoms with Gasteiger partial charge in [-0.3, -0.25) is 0 Å². The van der Waals surface area contributed by atoms with Crippen molar-refractivity contribution < 1.29 is 4.39 Å². The topological polar surface area (TPSA) is 26.0 Å². The molecule has 0 saturated carbocycles. The van der Waals surface area contributed by atoms with Crippen molar-refractivity contribution in [2.45, 2.75) is 19.5 Å². The Morgan fingerprint density at radius 2 is 2.33 bits per heavy atom. The summed E-state index contributed by atoms with van der Waals surface area (Å²) in [5.74, 6) is 0. The molecule has 0 radical (unpaired) electrons. The second-order valence-electron chi connectivity index (χ2n) is 1.24. The Balaban J connectivity index is 2.75. The van der Waals surface area contributed by atoms with E-state index in [2.05, 4.69) is 0 Å². The van der Waals surface area contributed by atoms with Gasteiger partial charge in [0.05, 0.1) is 0 Å². The largest absolute Gasteiger partial charge is 0.328 e. The van der Waals surface area contributed by atoms with Crippen LogP contribution >= 0.6 is 0 Å². The Morgan fingerprint density at radius 1 is 1.83 bits per heavy atom. The highest BCUT2D eigenvalue weighted by molar-refractivity contribution is 4.49. The van der Waals surface area contributed by atoms with Crippen LogP contribution in [-0.4, -0.2) is 12.7 Å². The zero-order valence-corrected chi connectivity index (χ0v) is 3.95. The summed E-state index contributed by atoms with van der Waals surface area (Å²) in [4.78, 5) is 0. The summed E-state index contributed by atoms with van der Waals surface area (Å²) < 4.78 is 11.7. The number of halogens is 1. The fourth-order valence-corrected chi connectivity index (χ4v) is 0.167. The molecule has 0 heterocycles. The van der Waals surface area contributed by atoms with E-state index in [1.165, 1.54) is 0 Å². The van der Waals surface area contributed by atoms with Gasteiger partial charge in [0.15, 0.2) is 0 Å². The molecular weight excluding hydrogens is 81.0 g/mol.